The molecule has 8 N–H and O–H groups in total. The molecule has 0 aromatic heterocycles. The summed E-state index contributed by atoms with van der Waals surface area (Å²) in [6.07, 6.45) is 20.8. The summed E-state index contributed by atoms with van der Waals surface area (Å²) in [5, 5.41) is 25.9. The van der Waals surface area contributed by atoms with Crippen LogP contribution in [-0.4, -0.2) is 144 Å². The number of amides is 3. The summed E-state index contributed by atoms with van der Waals surface area (Å²) >= 11 is 0. The van der Waals surface area contributed by atoms with E-state index in [2.05, 4.69) is 46.2 Å². The molecule has 24 nitrogen and oxygen atoms in total. The van der Waals surface area contributed by atoms with E-state index >= 15 is 0 Å². The Morgan fingerprint density at radius 1 is 0.620 bits per heavy atom. The summed E-state index contributed by atoms with van der Waals surface area (Å²) in [6, 6.07) is 18.0. The number of nitrogens with zero attached hydrogens (tertiary/aromatic N) is 2. The molecular formula is C73H100N5O19S3+. The highest BCUT2D eigenvalue weighted by Crippen LogP contribution is 2.51. The molecule has 0 bridgehead atoms. The number of hydrogen-bond acceptors (Lipinski definition) is 15. The van der Waals surface area contributed by atoms with Gasteiger partial charge in [-0.25, -0.2) is 9.59 Å². The number of ether oxygens (including phenoxy) is 1. The fourth-order valence-electron chi connectivity index (χ4n) is 13.3. The predicted molar refractivity (Wildman–Crippen MR) is 381 cm³/mol. The second kappa shape index (κ2) is 38.4. The predicted octanol–water partition coefficient (Wildman–Crippen LogP) is 11.8. The molecule has 0 fully saturated rings. The van der Waals surface area contributed by atoms with E-state index in [1.54, 1.807) is 0 Å². The molecule has 6 rings (SSSR count). The van der Waals surface area contributed by atoms with Crippen LogP contribution < -0.4 is 25.6 Å². The lowest BCUT2D eigenvalue weighted by Gasteiger charge is -2.31. The molecule has 3 atom stereocenters. The molecular weight excluding hydrogens is 1350 g/mol. The molecule has 1 unspecified atom stereocenters. The number of benzene rings is 3. The summed E-state index contributed by atoms with van der Waals surface area (Å²) in [5.74, 6) is -2.72. The number of aliphatic carboxylic acids is 2. The average molecular weight is 1450 g/mol. The Balaban J connectivity index is 1.01. The SMILES string of the molecule is CC(=O)[C@H](CCC(=O)O)NC(=O)N[C@@H](CCCCNC(=O)CCCCCCC(=O)CCCCCCCC(=O)CCCC1(C)/C(=C\C=C2/CCCC(/C=C/C3=[N+](CCCS(=O)(=O)O)c4ccccc4C3(C)C)=C2Oc2ccc(S(=O)(=O)O)cc2)N(CCCS(=O)(=O)O)c2ccccc21)C(=O)O. The number of carboxylic acid groups (broad SMARTS) is 2. The van der Waals surface area contributed by atoms with Crippen LogP contribution in [0.3, 0.4) is 0 Å². The number of nitrogens with one attached hydrogen (secondary N) is 3. The number of fused-ring (bicyclic) bond motifs is 2. The number of Topliss-reactive ketones (excluding diaryl/α,β-unsaturated/α-hetero) is 3. The monoisotopic (exact) mass is 1450 g/mol. The molecule has 0 radical (unpaired) electrons. The number of carbonyl (C=O) groups excluding carboxylic acids is 5. The third kappa shape index (κ3) is 25.7. The van der Waals surface area contributed by atoms with Gasteiger partial charge in [-0.3, -0.25) is 37.6 Å². The van der Waals surface area contributed by atoms with E-state index in [0.29, 0.717) is 108 Å². The Kier molecular flexibility index (Phi) is 31.2. The highest BCUT2D eigenvalue weighted by molar-refractivity contribution is 7.86. The second-order valence-corrected chi connectivity index (χ2v) is 31.4. The molecule has 3 aromatic carbocycles. The molecule has 1 aliphatic carbocycles. The quantitative estimate of drug-likeness (QED) is 0.0148. The Morgan fingerprint density at radius 2 is 1.20 bits per heavy atom. The van der Waals surface area contributed by atoms with E-state index < -0.39 is 88.5 Å². The van der Waals surface area contributed by atoms with Crippen molar-refractivity contribution in [3.8, 4) is 5.75 Å². The van der Waals surface area contributed by atoms with Crippen molar-refractivity contribution in [2.75, 3.05) is 36.0 Å². The number of anilines is 1. The topological polar surface area (TPSA) is 375 Å². The number of carboxylic acids is 2. The minimum Gasteiger partial charge on any atom is -0.481 e. The average Bonchev–Trinajstić information content (AvgIpc) is 1.60. The zero-order valence-electron chi connectivity index (χ0n) is 57.9. The summed E-state index contributed by atoms with van der Waals surface area (Å²) < 4.78 is 110. The maximum Gasteiger partial charge on any atom is 0.326 e. The summed E-state index contributed by atoms with van der Waals surface area (Å²) in [4.78, 5) is 87.1. The lowest BCUT2D eigenvalue weighted by Crippen LogP contribution is -2.50. The van der Waals surface area contributed by atoms with Crippen LogP contribution in [0.4, 0.5) is 16.2 Å². The third-order valence-electron chi connectivity index (χ3n) is 18.7. The van der Waals surface area contributed by atoms with Gasteiger partial charge in [0, 0.05) is 92.5 Å². The van der Waals surface area contributed by atoms with Gasteiger partial charge in [0.2, 0.25) is 11.6 Å². The number of urea groups is 1. The standard InChI is InChI=1S/C73H99N5O19S3/c1-52(79)61(42-45-68(83)84)75-71(87)76-62(70(85)86)32-18-19-47-74-67(82)35-13-9-8-12-27-55(80)26-10-6-5-7-11-28-56(81)29-21-46-73(4)60-31-15-17-34-64(60)78(49-23-51-99(91,92)93)66(73)44-37-54-25-20-24-53(69(54)97-57-38-40-58(41-39-57)100(94,95)96)36-43-65-72(2,3)59-30-14-16-33-63(59)77(65)48-22-50-98(88,89)90/h14-17,30-31,33-34,36-41,43-44,61-62H,5-13,18-29,32,35,42,45-51H2,1-4H3,(H7-,74,75,76,82,83,84,85,86,87,88,89,90,91,92,93,94,95,96)/p+1/t61-,62-,73?/m0/s1. The van der Waals surface area contributed by atoms with Gasteiger partial charge in [-0.15, -0.1) is 0 Å². The van der Waals surface area contributed by atoms with Crippen LogP contribution in [0.5, 0.6) is 5.75 Å². The van der Waals surface area contributed by atoms with Crippen molar-refractivity contribution in [1.82, 2.24) is 16.0 Å². The Labute approximate surface area is 588 Å². The van der Waals surface area contributed by atoms with Gasteiger partial charge in [0.05, 0.1) is 27.9 Å². The first kappa shape index (κ1) is 81.3. The molecule has 2 aliphatic heterocycles. The van der Waals surface area contributed by atoms with Gasteiger partial charge >= 0.3 is 18.0 Å². The minimum atomic E-state index is -4.51. The molecule has 3 aliphatic rings. The number of rotatable bonds is 45. The van der Waals surface area contributed by atoms with E-state index in [1.165, 1.54) is 31.2 Å². The van der Waals surface area contributed by atoms with Gasteiger partial charge in [0.25, 0.3) is 30.4 Å². The third-order valence-corrected chi connectivity index (χ3v) is 21.1. The van der Waals surface area contributed by atoms with Crippen LogP contribution in [-0.2, 0) is 70.0 Å². The van der Waals surface area contributed by atoms with Crippen LogP contribution in [0.15, 0.2) is 125 Å². The molecule has 0 spiro atoms. The molecule has 0 saturated carbocycles. The normalized spacial score (nSPS) is 17.5. The highest BCUT2D eigenvalue weighted by Gasteiger charge is 2.45. The highest BCUT2D eigenvalue weighted by atomic mass is 32.2. The maximum atomic E-state index is 13.5. The zero-order chi connectivity index (χ0) is 73.3. The zero-order valence-corrected chi connectivity index (χ0v) is 60.3. The van der Waals surface area contributed by atoms with Gasteiger partial charge < -0.3 is 35.8 Å². The first-order chi connectivity index (χ1) is 47.3. The van der Waals surface area contributed by atoms with Gasteiger partial charge in [0.15, 0.2) is 11.5 Å². The largest absolute Gasteiger partial charge is 0.481 e. The smallest absolute Gasteiger partial charge is 0.326 e. The lowest BCUT2D eigenvalue weighted by molar-refractivity contribution is -0.437. The van der Waals surface area contributed by atoms with Gasteiger partial charge in [-0.2, -0.15) is 29.8 Å². The van der Waals surface area contributed by atoms with Crippen LogP contribution in [0, 0.1) is 0 Å². The summed E-state index contributed by atoms with van der Waals surface area (Å²) in [5.41, 5.74) is 5.99. The van der Waals surface area contributed by atoms with Crippen LogP contribution in [0.25, 0.3) is 0 Å². The number of carbonyl (C=O) groups is 7. The second-order valence-electron chi connectivity index (χ2n) is 26.9. The molecule has 548 valence electrons. The van der Waals surface area contributed by atoms with Crippen molar-refractivity contribution >= 4 is 88.7 Å². The van der Waals surface area contributed by atoms with E-state index in [4.69, 9.17) is 9.84 Å². The Morgan fingerprint density at radius 3 is 1.81 bits per heavy atom. The molecule has 3 amide bonds. The Hall–Kier alpha value is -7.69. The van der Waals surface area contributed by atoms with Gasteiger partial charge in [0.1, 0.15) is 35.7 Å². The van der Waals surface area contributed by atoms with Crippen LogP contribution >= 0.6 is 0 Å². The molecule has 3 aromatic rings. The van der Waals surface area contributed by atoms with Gasteiger partial charge in [-0.1, -0.05) is 74.6 Å². The number of hydrogen-bond donors (Lipinski definition) is 8. The van der Waals surface area contributed by atoms with Crippen LogP contribution in [0.2, 0.25) is 0 Å². The van der Waals surface area contributed by atoms with Crippen molar-refractivity contribution in [1.29, 1.82) is 0 Å². The number of unbranched alkanes of at least 4 members (excludes halogenated alkanes) is 8. The van der Waals surface area contributed by atoms with Crippen LogP contribution in [0.1, 0.15) is 206 Å². The van der Waals surface area contributed by atoms with Crippen molar-refractivity contribution in [3.63, 3.8) is 0 Å². The van der Waals surface area contributed by atoms with E-state index in [9.17, 15) is 77.6 Å². The minimum absolute atomic E-state index is 0.0756. The maximum absolute atomic E-state index is 13.5. The molecule has 2 heterocycles. The number of para-hydroxylation sites is 2. The first-order valence-corrected chi connectivity index (χ1v) is 39.4. The Bertz CT molecular complexity index is 3910. The van der Waals surface area contributed by atoms with Crippen molar-refractivity contribution in [2.24, 2.45) is 0 Å². The molecule has 100 heavy (non-hydrogen) atoms. The van der Waals surface area contributed by atoms with E-state index in [-0.39, 0.29) is 61.0 Å². The summed E-state index contributed by atoms with van der Waals surface area (Å²) in [7, 11) is -13.0. The van der Waals surface area contributed by atoms with Gasteiger partial charge in [-0.05, 0) is 177 Å². The molecule has 0 saturated heterocycles. The number of allylic oxidation sites excluding steroid dienone is 7. The lowest BCUT2D eigenvalue weighted by atomic mass is 9.76. The van der Waals surface area contributed by atoms with E-state index in [1.807, 2.05) is 72.8 Å². The fourth-order valence-corrected chi connectivity index (χ4v) is 14.8. The first-order valence-electron chi connectivity index (χ1n) is 34.7. The van der Waals surface area contributed by atoms with Crippen molar-refractivity contribution in [3.05, 3.63) is 131 Å². The van der Waals surface area contributed by atoms with Crippen molar-refractivity contribution < 1.29 is 92.0 Å². The molecule has 27 heteroatoms. The fraction of sp³-hybridized carbons (Fsp3) is 0.534. The van der Waals surface area contributed by atoms with E-state index in [0.717, 1.165) is 96.4 Å². The number of ketones is 3. The van der Waals surface area contributed by atoms with Crippen molar-refractivity contribution in [2.45, 2.75) is 222 Å². The summed E-state index contributed by atoms with van der Waals surface area (Å²) in [6.45, 7) is 8.38.